The molecule has 0 bridgehead atoms. The minimum absolute atomic E-state index is 0.187. The van der Waals surface area contributed by atoms with Crippen molar-refractivity contribution in [3.8, 4) is 0 Å². The molecular formula is C10H19INO2S-. The second kappa shape index (κ2) is 5.84. The summed E-state index contributed by atoms with van der Waals surface area (Å²) in [6, 6.07) is 0. The Morgan fingerprint density at radius 2 is 1.53 bits per heavy atom. The lowest BCUT2D eigenvalue weighted by atomic mass is 9.81. The van der Waals surface area contributed by atoms with Crippen LogP contribution in [0.3, 0.4) is 0 Å². The van der Waals surface area contributed by atoms with Gasteiger partial charge >= 0.3 is 0 Å². The maximum atomic E-state index is 11.5. The van der Waals surface area contributed by atoms with Gasteiger partial charge in [-0.15, -0.1) is 0 Å². The lowest BCUT2D eigenvalue weighted by Crippen LogP contribution is -2.60. The van der Waals surface area contributed by atoms with Crippen LogP contribution in [0, 0.1) is 0 Å². The first-order chi connectivity index (χ1) is 6.79. The number of rotatable bonds is 1. The Kier molecular flexibility index (Phi) is 6.10. The minimum atomic E-state index is -0.187. The number of carbonyl (C=O) groups excluding carboxylic acids is 1. The van der Waals surface area contributed by atoms with Gasteiger partial charge in [-0.3, -0.25) is 26.0 Å². The molecular weight excluding hydrogens is 325 g/mol. The van der Waals surface area contributed by atoms with E-state index in [1.54, 1.807) is 28.3 Å². The van der Waals surface area contributed by atoms with Crippen LogP contribution >= 0.6 is 21.2 Å². The molecule has 1 fully saturated rings. The minimum Gasteiger partial charge on any atom is -0.713 e. The molecule has 0 aromatic heterocycles. The molecule has 0 N–H and O–H groups in total. The number of nitrogens with zero attached hydrogens (tertiary/aromatic N) is 1. The smallest absolute Gasteiger partial charge is 0.136 e. The quantitative estimate of drug-likeness (QED) is 0.540. The first kappa shape index (κ1) is 15.7. The van der Waals surface area contributed by atoms with Gasteiger partial charge in [0.05, 0.1) is 7.11 Å². The maximum absolute atomic E-state index is 11.5. The van der Waals surface area contributed by atoms with Crippen molar-refractivity contribution in [2.24, 2.45) is 0 Å². The fourth-order valence-corrected chi connectivity index (χ4v) is 2.48. The maximum Gasteiger partial charge on any atom is 0.136 e. The zero-order valence-corrected chi connectivity index (χ0v) is 12.9. The first-order valence-corrected chi connectivity index (χ1v) is 7.76. The summed E-state index contributed by atoms with van der Waals surface area (Å²) in [6.07, 6.45) is 1.15. The van der Waals surface area contributed by atoms with Crippen molar-refractivity contribution in [2.45, 2.75) is 51.6 Å². The molecule has 3 nitrogen and oxygen atoms in total. The Morgan fingerprint density at radius 1 is 1.20 bits per heavy atom. The highest BCUT2D eigenvalue weighted by Gasteiger charge is 2.45. The molecule has 0 spiro atoms. The van der Waals surface area contributed by atoms with Gasteiger partial charge in [0.1, 0.15) is 5.78 Å². The summed E-state index contributed by atoms with van der Waals surface area (Å²) in [6.45, 7) is 8.15. The Bertz CT molecular complexity index is 211. The van der Waals surface area contributed by atoms with Crippen molar-refractivity contribution >= 4 is 36.8 Å². The van der Waals surface area contributed by atoms with Gasteiger partial charge in [0.2, 0.25) is 0 Å². The molecule has 0 aromatic carbocycles. The highest BCUT2D eigenvalue weighted by Crippen LogP contribution is 2.36. The molecule has 1 aliphatic rings. The van der Waals surface area contributed by atoms with Crippen LogP contribution < -0.4 is 0 Å². The fourth-order valence-electron chi connectivity index (χ4n) is 2.48. The van der Waals surface area contributed by atoms with E-state index < -0.39 is 0 Å². The van der Waals surface area contributed by atoms with E-state index >= 15 is 0 Å². The molecule has 0 saturated carbocycles. The first-order valence-electron chi connectivity index (χ1n) is 4.81. The van der Waals surface area contributed by atoms with Crippen molar-refractivity contribution in [2.75, 3.05) is 7.11 Å². The summed E-state index contributed by atoms with van der Waals surface area (Å²) in [5, 5.41) is 1.93. The van der Waals surface area contributed by atoms with Gasteiger partial charge in [-0.2, -0.15) is 5.06 Å². The fraction of sp³-hybridized carbons (Fsp3) is 0.900. The van der Waals surface area contributed by atoms with Crippen LogP contribution in [0.4, 0.5) is 0 Å². The Labute approximate surface area is 110 Å². The molecule has 0 unspecified atom stereocenters. The van der Waals surface area contributed by atoms with E-state index in [2.05, 4.69) is 9.80 Å². The molecule has 15 heavy (non-hydrogen) atoms. The molecule has 0 aliphatic carbocycles. The molecule has 1 heterocycles. The van der Waals surface area contributed by atoms with E-state index in [0.29, 0.717) is 18.6 Å². The van der Waals surface area contributed by atoms with E-state index in [0.717, 1.165) is 0 Å². The largest absolute Gasteiger partial charge is 0.713 e. The third kappa shape index (κ3) is 3.87. The molecule has 5 heteroatoms. The summed E-state index contributed by atoms with van der Waals surface area (Å²) in [5.41, 5.74) is -0.374. The summed E-state index contributed by atoms with van der Waals surface area (Å²) in [4.78, 5) is 16.8. The topological polar surface area (TPSA) is 29.5 Å². The lowest BCUT2D eigenvalue weighted by Gasteiger charge is -2.49. The van der Waals surface area contributed by atoms with Gasteiger partial charge in [0.15, 0.2) is 0 Å². The summed E-state index contributed by atoms with van der Waals surface area (Å²) in [5.74, 6) is 0.323. The molecule has 1 rings (SSSR count). The summed E-state index contributed by atoms with van der Waals surface area (Å²) >= 11 is 1.73. The second-order valence-electron chi connectivity index (χ2n) is 4.99. The van der Waals surface area contributed by atoms with Gasteiger partial charge in [-0.25, -0.2) is 0 Å². The van der Waals surface area contributed by atoms with E-state index in [-0.39, 0.29) is 11.1 Å². The summed E-state index contributed by atoms with van der Waals surface area (Å²) in [7, 11) is 5.72. The van der Waals surface area contributed by atoms with E-state index in [1.807, 2.05) is 32.8 Å². The monoisotopic (exact) mass is 344 g/mol. The zero-order valence-electron chi connectivity index (χ0n) is 9.96. The number of hydrogen-bond donors (Lipinski definition) is 0. The Balaban J connectivity index is 0.000000921. The van der Waals surface area contributed by atoms with Crippen molar-refractivity contribution in [1.82, 2.24) is 5.06 Å². The van der Waals surface area contributed by atoms with E-state index in [4.69, 9.17) is 4.84 Å². The highest BCUT2D eigenvalue weighted by molar-refractivity contribution is 14.2. The average Bonchev–Trinajstić information content (AvgIpc) is 2.02. The SMILES string of the molecule is CON1C(C)(C)CC(=O)CC1(C)C.[S-]I. The second-order valence-corrected chi connectivity index (χ2v) is 4.99. The van der Waals surface area contributed by atoms with Crippen LogP contribution in [0.1, 0.15) is 40.5 Å². The number of hydrogen-bond acceptors (Lipinski definition) is 4. The number of hydroxylamine groups is 2. The third-order valence-corrected chi connectivity index (χ3v) is 2.54. The van der Waals surface area contributed by atoms with Crippen molar-refractivity contribution in [1.29, 1.82) is 0 Å². The summed E-state index contributed by atoms with van der Waals surface area (Å²) < 4.78 is 0. The molecule has 1 aliphatic heterocycles. The molecule has 90 valence electrons. The van der Waals surface area contributed by atoms with Crippen LogP contribution in [0.2, 0.25) is 0 Å². The van der Waals surface area contributed by atoms with Gasteiger partial charge in [-0.05, 0) is 27.7 Å². The third-order valence-electron chi connectivity index (χ3n) is 2.54. The molecule has 0 atom stereocenters. The predicted molar refractivity (Wildman–Crippen MR) is 72.6 cm³/mol. The number of carbonyl (C=O) groups is 1. The van der Waals surface area contributed by atoms with Gasteiger partial charge in [-0.1, -0.05) is 0 Å². The van der Waals surface area contributed by atoms with Gasteiger partial charge in [0.25, 0.3) is 0 Å². The highest BCUT2D eigenvalue weighted by atomic mass is 127. The number of halogens is 1. The van der Waals surface area contributed by atoms with Gasteiger partial charge < -0.3 is 14.6 Å². The lowest BCUT2D eigenvalue weighted by molar-refractivity contribution is -0.257. The molecule has 0 radical (unpaired) electrons. The standard InChI is InChI=1S/C10H19NO2.IS/c1-9(2)6-8(12)7-10(3,4)11(9)13-5;1-2/h6-7H2,1-5H3;/q;-1. The Hall–Kier alpha value is 0.670. The van der Waals surface area contributed by atoms with Crippen molar-refractivity contribution < 1.29 is 9.63 Å². The zero-order chi connectivity index (χ0) is 12.3. The van der Waals surface area contributed by atoms with Crippen LogP contribution in [0.5, 0.6) is 0 Å². The van der Waals surface area contributed by atoms with Crippen molar-refractivity contribution in [3.05, 3.63) is 0 Å². The van der Waals surface area contributed by atoms with Gasteiger partial charge in [0, 0.05) is 23.9 Å². The van der Waals surface area contributed by atoms with Crippen molar-refractivity contribution in [3.63, 3.8) is 0 Å². The average molecular weight is 344 g/mol. The Morgan fingerprint density at radius 3 is 1.80 bits per heavy atom. The van der Waals surface area contributed by atoms with Crippen LogP contribution in [0.15, 0.2) is 0 Å². The van der Waals surface area contributed by atoms with E-state index in [1.165, 1.54) is 0 Å². The van der Waals surface area contributed by atoms with Crippen LogP contribution in [-0.4, -0.2) is 29.0 Å². The normalized spacial score (nSPS) is 24.3. The number of Topliss-reactive ketones (excluding diaryl/α,β-unsaturated/α-hetero) is 1. The van der Waals surface area contributed by atoms with Crippen LogP contribution in [0.25, 0.3) is 0 Å². The number of piperidine rings is 1. The molecule has 0 amide bonds. The molecule has 1 saturated heterocycles. The molecule has 0 aromatic rings. The van der Waals surface area contributed by atoms with E-state index in [9.17, 15) is 4.79 Å². The predicted octanol–water partition coefficient (Wildman–Crippen LogP) is 2.65. The van der Waals surface area contributed by atoms with Crippen LogP contribution in [-0.2, 0) is 19.4 Å². The number of ketones is 1.